The molecule has 1 aromatic rings. The lowest BCUT2D eigenvalue weighted by Gasteiger charge is -2.18. The van der Waals surface area contributed by atoms with Gasteiger partial charge in [-0.2, -0.15) is 0 Å². The first kappa shape index (κ1) is 15.3. The predicted octanol–water partition coefficient (Wildman–Crippen LogP) is 2.18. The van der Waals surface area contributed by atoms with Crippen molar-refractivity contribution in [3.63, 3.8) is 0 Å². The molecule has 1 saturated carbocycles. The molecule has 1 heterocycles. The van der Waals surface area contributed by atoms with Crippen LogP contribution < -0.4 is 10.5 Å². The van der Waals surface area contributed by atoms with E-state index in [1.807, 2.05) is 4.90 Å². The molecule has 1 aliphatic carbocycles. The molecule has 0 radical (unpaired) electrons. The number of fused-ring (bicyclic) bond motifs is 1. The molecule has 4 nitrogen and oxygen atoms in total. The van der Waals surface area contributed by atoms with E-state index in [1.54, 1.807) is 12.1 Å². The van der Waals surface area contributed by atoms with E-state index in [4.69, 9.17) is 10.5 Å². The fraction of sp³-hybridized carbons (Fsp3) is 0.588. The number of carbonyl (C=O) groups is 1. The molecular weight excluding hydrogens is 283 g/mol. The number of hydrogen-bond acceptors (Lipinski definition) is 3. The van der Waals surface area contributed by atoms with Crippen LogP contribution >= 0.6 is 0 Å². The Bertz CT molecular complexity index is 520. The summed E-state index contributed by atoms with van der Waals surface area (Å²) in [5.41, 5.74) is 6.09. The van der Waals surface area contributed by atoms with Crippen molar-refractivity contribution in [2.24, 2.45) is 17.6 Å². The number of carbonyl (C=O) groups excluding carboxylic acids is 1. The van der Waals surface area contributed by atoms with Gasteiger partial charge in [0.05, 0.1) is 6.61 Å². The summed E-state index contributed by atoms with van der Waals surface area (Å²) >= 11 is 0. The Morgan fingerprint density at radius 1 is 1.27 bits per heavy atom. The van der Waals surface area contributed by atoms with Gasteiger partial charge >= 0.3 is 0 Å². The molecule has 1 aliphatic heterocycles. The molecule has 1 amide bonds. The lowest BCUT2D eigenvalue weighted by Crippen LogP contribution is -2.33. The largest absolute Gasteiger partial charge is 0.494 e. The van der Waals surface area contributed by atoms with Gasteiger partial charge in [0.25, 0.3) is 0 Å². The van der Waals surface area contributed by atoms with E-state index in [1.165, 1.54) is 12.1 Å². The maximum absolute atomic E-state index is 12.8. The van der Waals surface area contributed by atoms with Crippen LogP contribution in [0.25, 0.3) is 0 Å². The van der Waals surface area contributed by atoms with Crippen molar-refractivity contribution in [3.8, 4) is 5.75 Å². The number of benzene rings is 1. The molecule has 2 aliphatic rings. The van der Waals surface area contributed by atoms with Gasteiger partial charge in [0, 0.05) is 25.6 Å². The van der Waals surface area contributed by atoms with Crippen molar-refractivity contribution in [3.05, 3.63) is 30.1 Å². The minimum absolute atomic E-state index is 0.198. The van der Waals surface area contributed by atoms with Crippen LogP contribution in [0.1, 0.15) is 25.7 Å². The molecule has 5 heteroatoms. The number of hydrogen-bond donors (Lipinski definition) is 1. The van der Waals surface area contributed by atoms with Gasteiger partial charge in [-0.3, -0.25) is 4.79 Å². The van der Waals surface area contributed by atoms with Gasteiger partial charge in [-0.1, -0.05) is 0 Å². The maximum atomic E-state index is 12.8. The first-order valence-corrected chi connectivity index (χ1v) is 8.05. The van der Waals surface area contributed by atoms with Crippen molar-refractivity contribution in [1.82, 2.24) is 4.90 Å². The summed E-state index contributed by atoms with van der Waals surface area (Å²) in [6.07, 6.45) is 3.43. The SMILES string of the molecule is NC1CCC2CN(C(=O)CCCOc3ccc(F)cc3)CC12. The van der Waals surface area contributed by atoms with E-state index in [-0.39, 0.29) is 17.8 Å². The quantitative estimate of drug-likeness (QED) is 0.848. The summed E-state index contributed by atoms with van der Waals surface area (Å²) < 4.78 is 18.3. The summed E-state index contributed by atoms with van der Waals surface area (Å²) in [6, 6.07) is 6.20. The summed E-state index contributed by atoms with van der Waals surface area (Å²) in [5.74, 6) is 1.66. The Balaban J connectivity index is 1.37. The van der Waals surface area contributed by atoms with Crippen LogP contribution in [0.3, 0.4) is 0 Å². The van der Waals surface area contributed by atoms with E-state index in [2.05, 4.69) is 0 Å². The van der Waals surface area contributed by atoms with Crippen molar-refractivity contribution in [1.29, 1.82) is 0 Å². The smallest absolute Gasteiger partial charge is 0.222 e. The van der Waals surface area contributed by atoms with Crippen molar-refractivity contribution in [2.45, 2.75) is 31.7 Å². The van der Waals surface area contributed by atoms with Crippen molar-refractivity contribution >= 4 is 5.91 Å². The summed E-state index contributed by atoms with van der Waals surface area (Å²) in [4.78, 5) is 14.2. The Labute approximate surface area is 130 Å². The third kappa shape index (κ3) is 3.40. The van der Waals surface area contributed by atoms with Gasteiger partial charge in [-0.15, -0.1) is 0 Å². The summed E-state index contributed by atoms with van der Waals surface area (Å²) in [7, 11) is 0. The van der Waals surface area contributed by atoms with Crippen molar-refractivity contribution < 1.29 is 13.9 Å². The van der Waals surface area contributed by atoms with Gasteiger partial charge in [-0.05, 0) is 55.4 Å². The third-order valence-electron chi connectivity index (χ3n) is 4.88. The summed E-state index contributed by atoms with van der Waals surface area (Å²) in [6.45, 7) is 2.16. The van der Waals surface area contributed by atoms with Crippen LogP contribution in [0.2, 0.25) is 0 Å². The van der Waals surface area contributed by atoms with Crippen LogP contribution in [-0.4, -0.2) is 36.5 Å². The van der Waals surface area contributed by atoms with Crippen LogP contribution in [0.15, 0.2) is 24.3 Å². The predicted molar refractivity (Wildman–Crippen MR) is 81.9 cm³/mol. The van der Waals surface area contributed by atoms with E-state index in [0.29, 0.717) is 37.0 Å². The average Bonchev–Trinajstić information content (AvgIpc) is 3.08. The highest BCUT2D eigenvalue weighted by molar-refractivity contribution is 5.76. The molecule has 1 aromatic carbocycles. The minimum atomic E-state index is -0.277. The number of halogens is 1. The fourth-order valence-corrected chi connectivity index (χ4v) is 3.61. The monoisotopic (exact) mass is 306 g/mol. The molecule has 2 N–H and O–H groups in total. The molecule has 0 bridgehead atoms. The number of likely N-dealkylation sites (tertiary alicyclic amines) is 1. The molecule has 2 fully saturated rings. The molecular formula is C17H23FN2O2. The molecule has 3 unspecified atom stereocenters. The van der Waals surface area contributed by atoms with Gasteiger partial charge in [0.2, 0.25) is 5.91 Å². The standard InChI is InChI=1S/C17H23FN2O2/c18-13-4-6-14(7-5-13)22-9-1-2-17(21)20-10-12-3-8-16(19)15(12)11-20/h4-7,12,15-16H,1-3,8-11,19H2. The van der Waals surface area contributed by atoms with E-state index in [9.17, 15) is 9.18 Å². The third-order valence-corrected chi connectivity index (χ3v) is 4.88. The highest BCUT2D eigenvalue weighted by Gasteiger charge is 2.42. The van der Waals surface area contributed by atoms with Crippen molar-refractivity contribution in [2.75, 3.05) is 19.7 Å². The zero-order chi connectivity index (χ0) is 15.5. The normalized spacial score (nSPS) is 27.0. The minimum Gasteiger partial charge on any atom is -0.494 e. The van der Waals surface area contributed by atoms with Crippen LogP contribution in [0.4, 0.5) is 4.39 Å². The zero-order valence-corrected chi connectivity index (χ0v) is 12.7. The molecule has 0 spiro atoms. The second kappa shape index (κ2) is 6.65. The highest BCUT2D eigenvalue weighted by Crippen LogP contribution is 2.37. The summed E-state index contributed by atoms with van der Waals surface area (Å²) in [5, 5.41) is 0. The maximum Gasteiger partial charge on any atom is 0.222 e. The van der Waals surface area contributed by atoms with Crippen LogP contribution in [-0.2, 0) is 4.79 Å². The Morgan fingerprint density at radius 3 is 2.77 bits per heavy atom. The second-order valence-corrected chi connectivity index (χ2v) is 6.37. The van der Waals surface area contributed by atoms with Gasteiger partial charge < -0.3 is 15.4 Å². The van der Waals surface area contributed by atoms with E-state index < -0.39 is 0 Å². The number of amides is 1. The Hall–Kier alpha value is -1.62. The van der Waals surface area contributed by atoms with Gasteiger partial charge in [0.1, 0.15) is 11.6 Å². The number of nitrogens with zero attached hydrogens (tertiary/aromatic N) is 1. The average molecular weight is 306 g/mol. The number of ether oxygens (including phenoxy) is 1. The topological polar surface area (TPSA) is 55.6 Å². The first-order valence-electron chi connectivity index (χ1n) is 8.05. The molecule has 0 aromatic heterocycles. The number of rotatable bonds is 5. The fourth-order valence-electron chi connectivity index (χ4n) is 3.61. The Morgan fingerprint density at radius 2 is 2.05 bits per heavy atom. The number of nitrogens with two attached hydrogens (primary N) is 1. The van der Waals surface area contributed by atoms with Gasteiger partial charge in [-0.25, -0.2) is 4.39 Å². The van der Waals surface area contributed by atoms with Crippen LogP contribution in [0, 0.1) is 17.7 Å². The second-order valence-electron chi connectivity index (χ2n) is 6.37. The van der Waals surface area contributed by atoms with E-state index in [0.717, 1.165) is 25.9 Å². The van der Waals surface area contributed by atoms with Crippen LogP contribution in [0.5, 0.6) is 5.75 Å². The van der Waals surface area contributed by atoms with Gasteiger partial charge in [0.15, 0.2) is 0 Å². The first-order chi connectivity index (χ1) is 10.6. The molecule has 120 valence electrons. The molecule has 3 atom stereocenters. The highest BCUT2D eigenvalue weighted by atomic mass is 19.1. The molecule has 3 rings (SSSR count). The Kier molecular flexibility index (Phi) is 4.62. The lowest BCUT2D eigenvalue weighted by atomic mass is 9.98. The molecule has 22 heavy (non-hydrogen) atoms. The molecule has 1 saturated heterocycles. The zero-order valence-electron chi connectivity index (χ0n) is 12.7. The van der Waals surface area contributed by atoms with E-state index >= 15 is 0 Å². The lowest BCUT2D eigenvalue weighted by molar-refractivity contribution is -0.130.